The zero-order valence-electron chi connectivity index (χ0n) is 11.6. The van der Waals surface area contributed by atoms with Gasteiger partial charge in [0.2, 0.25) is 0 Å². The van der Waals surface area contributed by atoms with E-state index in [1.807, 2.05) is 0 Å². The Kier molecular flexibility index (Phi) is 1390. The quantitative estimate of drug-likeness (QED) is 0.399. The Morgan fingerprint density at radius 1 is 0.478 bits per heavy atom. The molecule has 0 aromatic carbocycles. The van der Waals surface area contributed by atoms with E-state index in [9.17, 15) is 9.59 Å². The van der Waals surface area contributed by atoms with Crippen LogP contribution >= 0.6 is 0 Å². The van der Waals surface area contributed by atoms with E-state index in [2.05, 4.69) is 0 Å². The first-order valence-corrected chi connectivity index (χ1v) is 2.06. The summed E-state index contributed by atoms with van der Waals surface area (Å²) in [5.41, 5.74) is 0. The molecule has 0 fully saturated rings. The molecule has 0 saturated heterocycles. The number of carboxylic acids is 2. The SMILES string of the molecule is O.O.O.O.O.O.O.O.O.O.O.O.O=C(O)CCC(=O)O.[Ca+2].[Cl-].[Cl-]. The summed E-state index contributed by atoms with van der Waals surface area (Å²) in [6.45, 7) is 0. The molecular weight excluding hydrogens is 415 g/mol. The maximum Gasteiger partial charge on any atom is 2.00 e. The number of hydrogen-bond donors (Lipinski definition) is 2. The van der Waals surface area contributed by atoms with Gasteiger partial charge in [0.1, 0.15) is 0 Å². The Labute approximate surface area is 172 Å². The van der Waals surface area contributed by atoms with Crippen LogP contribution in [0.4, 0.5) is 0 Å². The van der Waals surface area contributed by atoms with E-state index in [0.717, 1.165) is 0 Å². The van der Waals surface area contributed by atoms with Gasteiger partial charge in [-0.25, -0.2) is 0 Å². The Hall–Kier alpha value is 0.300. The Morgan fingerprint density at radius 2 is 0.565 bits per heavy atom. The van der Waals surface area contributed by atoms with Gasteiger partial charge in [0.05, 0.1) is 12.8 Å². The number of carbonyl (C=O) groups is 2. The van der Waals surface area contributed by atoms with Gasteiger partial charge in [-0.15, -0.1) is 0 Å². The third-order valence-electron chi connectivity index (χ3n) is 0.553. The van der Waals surface area contributed by atoms with Gasteiger partial charge in [0.15, 0.2) is 0 Å². The molecule has 0 radical (unpaired) electrons. The molecule has 0 aliphatic heterocycles. The molecule has 0 aromatic heterocycles. The van der Waals surface area contributed by atoms with Crippen molar-refractivity contribution in [3.8, 4) is 0 Å². The van der Waals surface area contributed by atoms with Crippen molar-refractivity contribution in [3.63, 3.8) is 0 Å². The minimum atomic E-state index is -1.08. The van der Waals surface area contributed by atoms with E-state index in [1.54, 1.807) is 0 Å². The molecule has 0 rings (SSSR count). The average Bonchev–Trinajstić information content (AvgIpc) is 1.61. The standard InChI is InChI=1S/C4H6O4.Ca.2ClH.12H2O/c5-3(6)1-2-4(7)8;;;;;;;;;;;;;;;/h1-2H2,(H,5,6)(H,7,8);;2*1H;12*1H2/q;+2;;;;;;;;;;;;;;/p-2. The molecule has 23 heavy (non-hydrogen) atoms. The fraction of sp³-hybridized carbons (Fsp3) is 0.500. The van der Waals surface area contributed by atoms with Crippen LogP contribution in [-0.2, 0) is 9.59 Å². The van der Waals surface area contributed by atoms with Gasteiger partial charge in [-0.2, -0.15) is 0 Å². The molecule has 0 unspecified atom stereocenters. The number of hydrogen-bond acceptors (Lipinski definition) is 2. The van der Waals surface area contributed by atoms with Gasteiger partial charge in [-0.1, -0.05) is 0 Å². The monoisotopic (exact) mass is 444 g/mol. The third-order valence-corrected chi connectivity index (χ3v) is 0.553. The molecule has 158 valence electrons. The predicted molar refractivity (Wildman–Crippen MR) is 73.6 cm³/mol. The van der Waals surface area contributed by atoms with Crippen LogP contribution in [0, 0.1) is 0 Å². The van der Waals surface area contributed by atoms with Crippen LogP contribution in [0.2, 0.25) is 0 Å². The topological polar surface area (TPSA) is 453 Å². The molecule has 0 spiro atoms. The fourth-order valence-electron chi connectivity index (χ4n) is 0.214. The van der Waals surface area contributed by atoms with E-state index < -0.39 is 11.9 Å². The van der Waals surface area contributed by atoms with Crippen LogP contribution in [0.3, 0.4) is 0 Å². The Bertz CT molecular complexity index is 115. The van der Waals surface area contributed by atoms with Gasteiger partial charge >= 0.3 is 49.7 Å². The maximum atomic E-state index is 9.64. The second-order valence-electron chi connectivity index (χ2n) is 1.29. The van der Waals surface area contributed by atoms with Gasteiger partial charge in [0.25, 0.3) is 0 Å². The van der Waals surface area contributed by atoms with E-state index in [0.29, 0.717) is 0 Å². The zero-order valence-corrected chi connectivity index (χ0v) is 15.3. The smallest absolute Gasteiger partial charge is 1.00 e. The first-order valence-electron chi connectivity index (χ1n) is 2.06. The number of rotatable bonds is 3. The molecule has 0 aromatic rings. The molecule has 0 atom stereocenters. The van der Waals surface area contributed by atoms with Crippen LogP contribution in [0.25, 0.3) is 0 Å². The van der Waals surface area contributed by atoms with Gasteiger partial charge < -0.3 is 101 Å². The minimum absolute atomic E-state index is 0. The maximum absolute atomic E-state index is 9.64. The Balaban J connectivity index is -0.00000000233. The van der Waals surface area contributed by atoms with Crippen molar-refractivity contribution >= 4 is 49.7 Å². The minimum Gasteiger partial charge on any atom is -1.00 e. The molecule has 0 aliphatic rings. The number of aliphatic carboxylic acids is 2. The van der Waals surface area contributed by atoms with Crippen molar-refractivity contribution in [2.75, 3.05) is 0 Å². The fourth-order valence-corrected chi connectivity index (χ4v) is 0.214. The second kappa shape index (κ2) is 147. The summed E-state index contributed by atoms with van der Waals surface area (Å²) in [4.78, 5) is 19.3. The van der Waals surface area contributed by atoms with Crippen LogP contribution in [0.15, 0.2) is 0 Å². The molecule has 0 saturated carbocycles. The summed E-state index contributed by atoms with van der Waals surface area (Å²) < 4.78 is 0. The van der Waals surface area contributed by atoms with Crippen molar-refractivity contribution < 1.29 is 110 Å². The number of carboxylic acid groups (broad SMARTS) is 2. The van der Waals surface area contributed by atoms with Crippen molar-refractivity contribution in [1.82, 2.24) is 0 Å². The summed E-state index contributed by atoms with van der Waals surface area (Å²) >= 11 is 0. The van der Waals surface area contributed by atoms with E-state index >= 15 is 0 Å². The van der Waals surface area contributed by atoms with Crippen LogP contribution in [0.5, 0.6) is 0 Å². The van der Waals surface area contributed by atoms with Crippen LogP contribution < -0.4 is 24.8 Å². The number of halogens is 2. The molecule has 0 aliphatic carbocycles. The summed E-state index contributed by atoms with van der Waals surface area (Å²) in [6.07, 6.45) is -0.593. The van der Waals surface area contributed by atoms with Crippen molar-refractivity contribution in [2.24, 2.45) is 0 Å². The molecule has 0 amide bonds. The molecule has 26 N–H and O–H groups in total. The third kappa shape index (κ3) is 327. The van der Waals surface area contributed by atoms with Crippen LogP contribution in [-0.4, -0.2) is 126 Å². The van der Waals surface area contributed by atoms with E-state index in [-0.39, 0.29) is 141 Å². The average molecular weight is 445 g/mol. The van der Waals surface area contributed by atoms with Crippen molar-refractivity contribution in [2.45, 2.75) is 12.8 Å². The first kappa shape index (κ1) is 217. The largest absolute Gasteiger partial charge is 2.00 e. The molecular formula is C4H30CaCl2O16. The predicted octanol–water partition coefficient (Wildman–Crippen LogP) is -16.3. The van der Waals surface area contributed by atoms with Crippen LogP contribution in [0.1, 0.15) is 12.8 Å². The van der Waals surface area contributed by atoms with Crippen molar-refractivity contribution in [1.29, 1.82) is 0 Å². The van der Waals surface area contributed by atoms with Gasteiger partial charge in [-0.3, -0.25) is 9.59 Å². The molecule has 19 heteroatoms. The van der Waals surface area contributed by atoms with Gasteiger partial charge in [0, 0.05) is 0 Å². The Morgan fingerprint density at radius 3 is 0.609 bits per heavy atom. The van der Waals surface area contributed by atoms with E-state index in [1.165, 1.54) is 0 Å². The normalized spacial score (nSPS) is 2.96. The van der Waals surface area contributed by atoms with Gasteiger partial charge in [-0.05, 0) is 0 Å². The molecule has 0 heterocycles. The molecule has 0 bridgehead atoms. The van der Waals surface area contributed by atoms with E-state index in [4.69, 9.17) is 10.2 Å². The zero-order chi connectivity index (χ0) is 6.57. The summed E-state index contributed by atoms with van der Waals surface area (Å²) in [6, 6.07) is 0. The summed E-state index contributed by atoms with van der Waals surface area (Å²) in [7, 11) is 0. The second-order valence-corrected chi connectivity index (χ2v) is 1.29. The van der Waals surface area contributed by atoms with Crippen molar-refractivity contribution in [3.05, 3.63) is 0 Å². The molecule has 16 nitrogen and oxygen atoms in total. The summed E-state index contributed by atoms with van der Waals surface area (Å²) in [5, 5.41) is 15.8. The summed E-state index contributed by atoms with van der Waals surface area (Å²) in [5.74, 6) is -2.15. The first-order chi connectivity index (χ1) is 3.63.